The Kier molecular flexibility index (Phi) is 7.18. The van der Waals surface area contributed by atoms with Gasteiger partial charge in [-0.3, -0.25) is 0 Å². The van der Waals surface area contributed by atoms with E-state index in [1.54, 1.807) is 0 Å². The zero-order chi connectivity index (χ0) is 36.6. The van der Waals surface area contributed by atoms with Crippen LogP contribution in [0.15, 0.2) is 176 Å². The molecule has 54 heavy (non-hydrogen) atoms. The number of rotatable bonds is 6. The summed E-state index contributed by atoms with van der Waals surface area (Å²) < 4.78 is 2.30. The summed E-state index contributed by atoms with van der Waals surface area (Å²) in [6.45, 7) is 4.76. The number of aryl methyl sites for hydroxylation is 1. The summed E-state index contributed by atoms with van der Waals surface area (Å²) in [6, 6.07) is 63.6. The maximum Gasteiger partial charge on any atom is 0.0543 e. The quantitative estimate of drug-likeness (QED) is 0.176. The molecule has 4 nitrogen and oxygen atoms in total. The topological polar surface area (TPSA) is 37.4 Å². The first-order valence-corrected chi connectivity index (χ1v) is 18.6. The van der Waals surface area contributed by atoms with E-state index >= 15 is 0 Å². The van der Waals surface area contributed by atoms with Crippen LogP contribution in [0.3, 0.4) is 0 Å². The van der Waals surface area contributed by atoms with Crippen molar-refractivity contribution in [3.05, 3.63) is 187 Å². The van der Waals surface area contributed by atoms with Crippen LogP contribution in [0.2, 0.25) is 0 Å². The van der Waals surface area contributed by atoms with Crippen molar-refractivity contribution in [2.75, 3.05) is 15.5 Å². The molecule has 8 aromatic carbocycles. The first-order valence-electron chi connectivity index (χ1n) is 18.6. The van der Waals surface area contributed by atoms with Crippen LogP contribution in [0.25, 0.3) is 43.7 Å². The number of fused-ring (bicyclic) bond motifs is 8. The molecule has 0 saturated heterocycles. The molecule has 0 aliphatic heterocycles. The molecule has 1 aliphatic rings. The van der Waals surface area contributed by atoms with Gasteiger partial charge in [0.1, 0.15) is 0 Å². The fourth-order valence-electron chi connectivity index (χ4n) is 8.82. The number of aromatic nitrogens is 1. The number of para-hydroxylation sites is 3. The van der Waals surface area contributed by atoms with Crippen LogP contribution in [0.5, 0.6) is 0 Å². The Morgan fingerprint density at radius 2 is 0.981 bits per heavy atom. The van der Waals surface area contributed by atoms with Gasteiger partial charge in [0.25, 0.3) is 0 Å². The number of benzene rings is 8. The summed E-state index contributed by atoms with van der Waals surface area (Å²) >= 11 is 0. The van der Waals surface area contributed by atoms with Crippen molar-refractivity contribution >= 4 is 72.4 Å². The third-order valence-electron chi connectivity index (χ3n) is 11.5. The van der Waals surface area contributed by atoms with Crippen LogP contribution in [0, 0.1) is 0 Å². The summed E-state index contributed by atoms with van der Waals surface area (Å²) in [5.74, 6) is 0. The Morgan fingerprint density at radius 1 is 0.444 bits per heavy atom. The minimum absolute atomic E-state index is 0.273. The zero-order valence-corrected chi connectivity index (χ0v) is 30.7. The summed E-state index contributed by atoms with van der Waals surface area (Å²) in [5.41, 5.74) is 21.0. The summed E-state index contributed by atoms with van der Waals surface area (Å²) in [7, 11) is 2.16. The SMILES string of the molecule is Cn1c2ccccc2c2cc(N(c3ccccc3)c3cc4c(c5ccccc35)-c3ccc(N(c5ccccc5)c5ccc(N)cc5)cc3C4(C)C)ccc21. The maximum atomic E-state index is 6.14. The zero-order valence-electron chi connectivity index (χ0n) is 30.7. The number of hydrogen-bond acceptors (Lipinski definition) is 3. The number of nitrogens with zero attached hydrogens (tertiary/aromatic N) is 3. The fraction of sp³-hybridized carbons (Fsp3) is 0.0800. The van der Waals surface area contributed by atoms with Gasteiger partial charge >= 0.3 is 0 Å². The third-order valence-corrected chi connectivity index (χ3v) is 11.5. The largest absolute Gasteiger partial charge is 0.399 e. The number of anilines is 7. The van der Waals surface area contributed by atoms with Crippen LogP contribution in [0.4, 0.5) is 39.8 Å². The van der Waals surface area contributed by atoms with E-state index in [1.807, 2.05) is 12.1 Å². The monoisotopic (exact) mass is 696 g/mol. The molecule has 0 saturated carbocycles. The molecule has 2 N–H and O–H groups in total. The predicted molar refractivity (Wildman–Crippen MR) is 229 cm³/mol. The van der Waals surface area contributed by atoms with E-state index in [-0.39, 0.29) is 5.41 Å². The third kappa shape index (κ3) is 4.84. The molecule has 0 atom stereocenters. The van der Waals surface area contributed by atoms with Crippen molar-refractivity contribution in [1.29, 1.82) is 0 Å². The predicted octanol–water partition coefficient (Wildman–Crippen LogP) is 13.3. The smallest absolute Gasteiger partial charge is 0.0543 e. The molecule has 0 amide bonds. The molecule has 1 aromatic heterocycles. The van der Waals surface area contributed by atoms with E-state index in [9.17, 15) is 0 Å². The van der Waals surface area contributed by atoms with Crippen molar-refractivity contribution in [1.82, 2.24) is 4.57 Å². The lowest BCUT2D eigenvalue weighted by Crippen LogP contribution is -2.18. The fourth-order valence-corrected chi connectivity index (χ4v) is 8.82. The van der Waals surface area contributed by atoms with Gasteiger partial charge in [0.05, 0.1) is 5.69 Å². The van der Waals surface area contributed by atoms with Gasteiger partial charge in [0, 0.05) is 73.8 Å². The Balaban J connectivity index is 1.18. The second-order valence-electron chi connectivity index (χ2n) is 14.9. The molecule has 0 fully saturated rings. The van der Waals surface area contributed by atoms with E-state index < -0.39 is 0 Å². The minimum Gasteiger partial charge on any atom is -0.399 e. The molecular formula is C50H40N4. The highest BCUT2D eigenvalue weighted by atomic mass is 15.1. The molecule has 0 radical (unpaired) electrons. The molecule has 0 spiro atoms. The summed E-state index contributed by atoms with van der Waals surface area (Å²) in [6.07, 6.45) is 0. The van der Waals surface area contributed by atoms with Crippen molar-refractivity contribution in [2.24, 2.45) is 7.05 Å². The van der Waals surface area contributed by atoms with Crippen molar-refractivity contribution in [3.63, 3.8) is 0 Å². The Morgan fingerprint density at radius 3 is 1.70 bits per heavy atom. The first-order chi connectivity index (χ1) is 26.4. The van der Waals surface area contributed by atoms with E-state index in [2.05, 4.69) is 199 Å². The van der Waals surface area contributed by atoms with Crippen LogP contribution in [0.1, 0.15) is 25.0 Å². The highest BCUT2D eigenvalue weighted by molar-refractivity contribution is 6.12. The molecule has 0 unspecified atom stereocenters. The van der Waals surface area contributed by atoms with E-state index in [4.69, 9.17) is 5.73 Å². The van der Waals surface area contributed by atoms with Gasteiger partial charge in [-0.05, 0) is 119 Å². The molecule has 0 bridgehead atoms. The average molecular weight is 697 g/mol. The van der Waals surface area contributed by atoms with Crippen LogP contribution in [-0.4, -0.2) is 4.57 Å². The van der Waals surface area contributed by atoms with E-state index in [1.165, 1.54) is 60.5 Å². The second kappa shape index (κ2) is 12.1. The molecule has 10 rings (SSSR count). The van der Waals surface area contributed by atoms with Crippen LogP contribution >= 0.6 is 0 Å². The number of hydrogen-bond donors (Lipinski definition) is 1. The van der Waals surface area contributed by atoms with Gasteiger partial charge in [-0.2, -0.15) is 0 Å². The van der Waals surface area contributed by atoms with Gasteiger partial charge < -0.3 is 20.1 Å². The number of nitrogens with two attached hydrogens (primary N) is 1. The number of nitrogen functional groups attached to an aromatic ring is 1. The van der Waals surface area contributed by atoms with Crippen molar-refractivity contribution < 1.29 is 0 Å². The van der Waals surface area contributed by atoms with E-state index in [0.717, 1.165) is 34.1 Å². The molecule has 1 aliphatic carbocycles. The van der Waals surface area contributed by atoms with Gasteiger partial charge in [-0.25, -0.2) is 0 Å². The minimum atomic E-state index is -0.273. The molecule has 260 valence electrons. The lowest BCUT2D eigenvalue weighted by atomic mass is 9.81. The van der Waals surface area contributed by atoms with Gasteiger partial charge in [-0.15, -0.1) is 0 Å². The van der Waals surface area contributed by atoms with E-state index in [0.29, 0.717) is 0 Å². The van der Waals surface area contributed by atoms with Crippen LogP contribution < -0.4 is 15.5 Å². The van der Waals surface area contributed by atoms with Gasteiger partial charge in [-0.1, -0.05) is 98.8 Å². The second-order valence-corrected chi connectivity index (χ2v) is 14.9. The van der Waals surface area contributed by atoms with Crippen molar-refractivity contribution in [3.8, 4) is 11.1 Å². The van der Waals surface area contributed by atoms with Gasteiger partial charge in [0.15, 0.2) is 0 Å². The van der Waals surface area contributed by atoms with Crippen molar-refractivity contribution in [2.45, 2.75) is 19.3 Å². The first kappa shape index (κ1) is 31.9. The summed E-state index contributed by atoms with van der Waals surface area (Å²) in [4.78, 5) is 4.77. The molecule has 1 heterocycles. The summed E-state index contributed by atoms with van der Waals surface area (Å²) in [5, 5.41) is 5.00. The molecular weight excluding hydrogens is 657 g/mol. The highest BCUT2D eigenvalue weighted by Crippen LogP contribution is 2.56. The highest BCUT2D eigenvalue weighted by Gasteiger charge is 2.38. The Bertz CT molecular complexity index is 2870. The standard InChI is InChI=1S/C50H40N4/c1-50(2)44-31-38(53(34-14-6-4-7-15-34)36-24-22-33(51)23-25-36)26-28-42(44)49-41-20-11-10-18-39(41)48(32-45(49)50)54(35-16-8-5-9-17-35)37-27-29-47-43(30-37)40-19-12-13-21-46(40)52(47)3/h4-32H,51H2,1-3H3. The molecule has 4 heteroatoms. The maximum absolute atomic E-state index is 6.14. The van der Waals surface area contributed by atoms with Crippen LogP contribution in [-0.2, 0) is 12.5 Å². The lowest BCUT2D eigenvalue weighted by Gasteiger charge is -2.30. The average Bonchev–Trinajstić information content (AvgIpc) is 3.62. The Labute approximate surface area is 315 Å². The Hall–Kier alpha value is -6.78. The lowest BCUT2D eigenvalue weighted by molar-refractivity contribution is 0.661. The van der Waals surface area contributed by atoms with Gasteiger partial charge in [0.2, 0.25) is 0 Å². The normalized spacial score (nSPS) is 12.9. The molecule has 9 aromatic rings.